The van der Waals surface area contributed by atoms with Crippen LogP contribution >= 0.6 is 0 Å². The average Bonchev–Trinajstić information content (AvgIpc) is 3.68. The van der Waals surface area contributed by atoms with Crippen LogP contribution < -0.4 is 4.90 Å². The van der Waals surface area contributed by atoms with Crippen LogP contribution in [0.15, 0.2) is 194 Å². The SMILES string of the molecule is CC1(C)CC(C)(C)c2c(-c3ccc(-n4c5ccccc5c5ccc(N(c6ccc(-c7ccccc7)cc6)c6ccc(-c7ccccc7)cc6)cc54)cc3)cccc21. The van der Waals surface area contributed by atoms with E-state index in [9.17, 15) is 0 Å². The molecule has 1 aliphatic carbocycles. The molecule has 0 atom stereocenters. The third-order valence-electron chi connectivity index (χ3n) is 12.2. The molecule has 0 fully saturated rings. The van der Waals surface area contributed by atoms with Crippen molar-refractivity contribution in [2.75, 3.05) is 4.90 Å². The van der Waals surface area contributed by atoms with Crippen molar-refractivity contribution in [1.82, 2.24) is 4.57 Å². The summed E-state index contributed by atoms with van der Waals surface area (Å²) in [4.78, 5) is 2.38. The van der Waals surface area contributed by atoms with Crippen molar-refractivity contribution >= 4 is 38.9 Å². The first-order valence-electron chi connectivity index (χ1n) is 20.1. The van der Waals surface area contributed by atoms with Crippen LogP contribution in [-0.2, 0) is 10.8 Å². The minimum atomic E-state index is 0.118. The molecule has 0 radical (unpaired) electrons. The Balaban J connectivity index is 1.10. The van der Waals surface area contributed by atoms with Gasteiger partial charge in [0, 0.05) is 33.5 Å². The van der Waals surface area contributed by atoms with E-state index < -0.39 is 0 Å². The first-order valence-corrected chi connectivity index (χ1v) is 20.1. The van der Waals surface area contributed by atoms with Crippen molar-refractivity contribution in [3.63, 3.8) is 0 Å². The fourth-order valence-corrected chi connectivity index (χ4v) is 9.86. The molecule has 0 N–H and O–H groups in total. The fourth-order valence-electron chi connectivity index (χ4n) is 9.86. The lowest BCUT2D eigenvalue weighted by molar-refractivity contribution is 0.403. The number of fused-ring (bicyclic) bond motifs is 4. The smallest absolute Gasteiger partial charge is 0.0561 e. The maximum atomic E-state index is 2.44. The molecule has 276 valence electrons. The monoisotopic (exact) mass is 734 g/mol. The largest absolute Gasteiger partial charge is 0.310 e. The van der Waals surface area contributed by atoms with Gasteiger partial charge in [-0.3, -0.25) is 0 Å². The molecule has 0 saturated heterocycles. The summed E-state index contributed by atoms with van der Waals surface area (Å²) in [7, 11) is 0. The van der Waals surface area contributed by atoms with Gasteiger partial charge >= 0.3 is 0 Å². The quantitative estimate of drug-likeness (QED) is 0.158. The Bertz CT molecular complexity index is 2800. The van der Waals surface area contributed by atoms with Crippen molar-refractivity contribution in [2.45, 2.75) is 44.9 Å². The van der Waals surface area contributed by atoms with Gasteiger partial charge in [0.15, 0.2) is 0 Å². The molecule has 2 nitrogen and oxygen atoms in total. The number of hydrogen-bond acceptors (Lipinski definition) is 1. The lowest BCUT2D eigenvalue weighted by Gasteiger charge is -2.26. The number of anilines is 3. The van der Waals surface area contributed by atoms with Crippen LogP contribution in [0.5, 0.6) is 0 Å². The lowest BCUT2D eigenvalue weighted by atomic mass is 9.80. The van der Waals surface area contributed by atoms with E-state index in [4.69, 9.17) is 0 Å². The molecular weight excluding hydrogens is 689 g/mol. The topological polar surface area (TPSA) is 8.17 Å². The van der Waals surface area contributed by atoms with Gasteiger partial charge in [-0.1, -0.05) is 167 Å². The van der Waals surface area contributed by atoms with Gasteiger partial charge in [0.2, 0.25) is 0 Å². The molecule has 8 aromatic carbocycles. The first kappa shape index (κ1) is 34.8. The third kappa shape index (κ3) is 6.04. The molecule has 1 aliphatic rings. The lowest BCUT2D eigenvalue weighted by Crippen LogP contribution is -2.18. The molecule has 0 bridgehead atoms. The van der Waals surface area contributed by atoms with Crippen LogP contribution in [0.3, 0.4) is 0 Å². The summed E-state index contributed by atoms with van der Waals surface area (Å²) in [6.45, 7) is 9.61. The fraction of sp³-hybridized carbons (Fsp3) is 0.127. The van der Waals surface area contributed by atoms with E-state index in [0.717, 1.165) is 29.2 Å². The summed E-state index contributed by atoms with van der Waals surface area (Å²) in [6.07, 6.45) is 1.15. The molecule has 57 heavy (non-hydrogen) atoms. The van der Waals surface area contributed by atoms with Gasteiger partial charge in [-0.15, -0.1) is 0 Å². The number of benzene rings is 8. The van der Waals surface area contributed by atoms with E-state index in [-0.39, 0.29) is 10.8 Å². The van der Waals surface area contributed by atoms with Crippen LogP contribution in [0.25, 0.3) is 60.9 Å². The Hall–Kier alpha value is -6.64. The highest BCUT2D eigenvalue weighted by molar-refractivity contribution is 6.10. The molecular formula is C55H46N2. The zero-order valence-electron chi connectivity index (χ0n) is 33.1. The summed E-state index contributed by atoms with van der Waals surface area (Å²) in [5, 5.41) is 2.49. The van der Waals surface area contributed by atoms with Crippen LogP contribution in [-0.4, -0.2) is 4.57 Å². The number of aromatic nitrogens is 1. The summed E-state index contributed by atoms with van der Waals surface area (Å²) in [6, 6.07) is 71.0. The molecule has 0 spiro atoms. The van der Waals surface area contributed by atoms with Crippen LogP contribution in [0.2, 0.25) is 0 Å². The van der Waals surface area contributed by atoms with Gasteiger partial charge < -0.3 is 9.47 Å². The molecule has 9 aromatic rings. The van der Waals surface area contributed by atoms with Crippen molar-refractivity contribution < 1.29 is 0 Å². The highest BCUT2D eigenvalue weighted by atomic mass is 15.1. The van der Waals surface area contributed by atoms with Crippen molar-refractivity contribution in [3.8, 4) is 39.1 Å². The maximum absolute atomic E-state index is 2.44. The Morgan fingerprint density at radius 2 is 0.912 bits per heavy atom. The van der Waals surface area contributed by atoms with E-state index in [2.05, 4.69) is 231 Å². The highest BCUT2D eigenvalue weighted by Gasteiger charge is 2.43. The van der Waals surface area contributed by atoms with Gasteiger partial charge in [-0.2, -0.15) is 0 Å². The summed E-state index contributed by atoms with van der Waals surface area (Å²) >= 11 is 0. The molecule has 0 aliphatic heterocycles. The number of hydrogen-bond donors (Lipinski definition) is 0. The Labute approximate surface area is 336 Å². The second kappa shape index (κ2) is 13.5. The van der Waals surface area contributed by atoms with E-state index >= 15 is 0 Å². The second-order valence-corrected chi connectivity index (χ2v) is 16.9. The first-order chi connectivity index (χ1) is 27.7. The Morgan fingerprint density at radius 3 is 1.53 bits per heavy atom. The van der Waals surface area contributed by atoms with E-state index in [1.165, 1.54) is 66.3 Å². The molecule has 0 saturated carbocycles. The zero-order valence-corrected chi connectivity index (χ0v) is 33.1. The van der Waals surface area contributed by atoms with Crippen molar-refractivity contribution in [1.29, 1.82) is 0 Å². The minimum Gasteiger partial charge on any atom is -0.310 e. The van der Waals surface area contributed by atoms with Crippen LogP contribution in [0, 0.1) is 0 Å². The standard InChI is InChI=1S/C55H46N2/c1-54(2)37-55(3,4)53-47(19-13-20-50(53)54)42-26-32-45(33-27-42)57-51-21-12-11-18-48(51)49-35-34-46(36-52(49)57)56(43-28-22-40(23-29-43)38-14-7-5-8-15-38)44-30-24-41(25-31-44)39-16-9-6-10-17-39/h5-36H,37H2,1-4H3. The predicted molar refractivity (Wildman–Crippen MR) is 242 cm³/mol. The van der Waals surface area contributed by atoms with Crippen molar-refractivity contribution in [3.05, 3.63) is 205 Å². The number of rotatable bonds is 7. The average molecular weight is 735 g/mol. The van der Waals surface area contributed by atoms with E-state index in [1.54, 1.807) is 0 Å². The third-order valence-corrected chi connectivity index (χ3v) is 12.2. The van der Waals surface area contributed by atoms with Gasteiger partial charge in [0.25, 0.3) is 0 Å². The van der Waals surface area contributed by atoms with Gasteiger partial charge in [0.1, 0.15) is 0 Å². The number of para-hydroxylation sites is 1. The van der Waals surface area contributed by atoms with E-state index in [0.29, 0.717) is 0 Å². The Kier molecular flexibility index (Phi) is 8.27. The predicted octanol–water partition coefficient (Wildman–Crippen LogP) is 15.2. The van der Waals surface area contributed by atoms with Gasteiger partial charge in [-0.25, -0.2) is 0 Å². The normalized spacial score (nSPS) is 14.2. The van der Waals surface area contributed by atoms with E-state index in [1.807, 2.05) is 0 Å². The molecule has 2 heteroatoms. The molecule has 1 heterocycles. The van der Waals surface area contributed by atoms with Crippen LogP contribution in [0.1, 0.15) is 45.2 Å². The van der Waals surface area contributed by atoms with Crippen molar-refractivity contribution in [2.24, 2.45) is 0 Å². The maximum Gasteiger partial charge on any atom is 0.0561 e. The molecule has 1 aromatic heterocycles. The second-order valence-electron chi connectivity index (χ2n) is 16.9. The van der Waals surface area contributed by atoms with Gasteiger partial charge in [-0.05, 0) is 116 Å². The Morgan fingerprint density at radius 1 is 0.404 bits per heavy atom. The zero-order chi connectivity index (χ0) is 38.7. The molecule has 0 unspecified atom stereocenters. The summed E-state index contributed by atoms with van der Waals surface area (Å²) < 4.78 is 2.44. The molecule has 0 amide bonds. The minimum absolute atomic E-state index is 0.118. The number of nitrogens with zero attached hydrogens (tertiary/aromatic N) is 2. The highest BCUT2D eigenvalue weighted by Crippen LogP contribution is 2.52. The molecule has 10 rings (SSSR count). The summed E-state index contributed by atoms with van der Waals surface area (Å²) in [5.41, 5.74) is 17.6. The van der Waals surface area contributed by atoms with Crippen LogP contribution in [0.4, 0.5) is 17.1 Å². The summed E-state index contributed by atoms with van der Waals surface area (Å²) in [5.74, 6) is 0. The van der Waals surface area contributed by atoms with Gasteiger partial charge in [0.05, 0.1) is 11.0 Å².